The van der Waals surface area contributed by atoms with E-state index in [1.165, 1.54) is 0 Å². The molecule has 0 aliphatic heterocycles. The fourth-order valence-corrected chi connectivity index (χ4v) is 6.10. The molecular weight excluding hydrogens is 348 g/mol. The van der Waals surface area contributed by atoms with Crippen LogP contribution in [0.15, 0.2) is 0 Å². The predicted octanol–water partition coefficient (Wildman–Crippen LogP) is 3.90. The summed E-state index contributed by atoms with van der Waals surface area (Å²) in [7, 11) is -1.52. The van der Waals surface area contributed by atoms with Gasteiger partial charge in [0.05, 0.1) is 11.8 Å². The summed E-state index contributed by atoms with van der Waals surface area (Å²) in [4.78, 5) is 24.1. The Morgan fingerprint density at radius 3 is 1.28 bits per heavy atom. The molecule has 0 spiro atoms. The van der Waals surface area contributed by atoms with Gasteiger partial charge >= 0.3 is 0 Å². The molecule has 148 valence electrons. The Hall–Kier alpha value is -0.626. The minimum atomic E-state index is -0.760. The van der Waals surface area contributed by atoms with E-state index in [-0.39, 0.29) is 23.8 Å². The van der Waals surface area contributed by atoms with Crippen molar-refractivity contribution in [2.75, 3.05) is 0 Å². The van der Waals surface area contributed by atoms with Crippen molar-refractivity contribution in [3.63, 3.8) is 0 Å². The topological polar surface area (TPSA) is 52.6 Å². The largest absolute Gasteiger partial charge is 0.525 e. The van der Waals surface area contributed by atoms with E-state index in [4.69, 9.17) is 8.85 Å². The summed E-state index contributed by atoms with van der Waals surface area (Å²) in [5.74, 6) is 0.265. The zero-order chi connectivity index (χ0) is 18.9. The van der Waals surface area contributed by atoms with Crippen LogP contribution < -0.4 is 0 Å². The molecule has 0 aliphatic carbocycles. The van der Waals surface area contributed by atoms with E-state index in [1.807, 2.05) is 0 Å². The van der Waals surface area contributed by atoms with Gasteiger partial charge in [0, 0.05) is 0 Å². The minimum absolute atomic E-state index is 0.0287. The molecule has 0 bridgehead atoms. The second-order valence-corrected chi connectivity index (χ2v) is 9.75. The van der Waals surface area contributed by atoms with Crippen molar-refractivity contribution in [3.05, 3.63) is 0 Å². The molecule has 0 aromatic carbocycles. The van der Waals surface area contributed by atoms with Crippen LogP contribution >= 0.6 is 0 Å². The lowest BCUT2D eigenvalue weighted by Gasteiger charge is -2.15. The Morgan fingerprint density at radius 1 is 0.680 bits per heavy atom. The van der Waals surface area contributed by atoms with Gasteiger partial charge in [0.25, 0.3) is 11.9 Å². The molecule has 0 N–H and O–H groups in total. The molecule has 0 saturated carbocycles. The normalized spacial score (nSPS) is 12.1. The fraction of sp³-hybridized carbons (Fsp3) is 0.895. The van der Waals surface area contributed by atoms with Crippen LogP contribution in [-0.4, -0.2) is 31.5 Å². The Kier molecular flexibility index (Phi) is 16.4. The number of hydrogen-bond acceptors (Lipinski definition) is 4. The molecule has 0 rings (SSSR count). The number of carbonyl (C=O) groups excluding carboxylic acids is 2. The summed E-state index contributed by atoms with van der Waals surface area (Å²) in [6.45, 7) is 8.46. The molecular formula is C19H40O4Si2. The van der Waals surface area contributed by atoms with Crippen LogP contribution in [0.3, 0.4) is 0 Å². The second kappa shape index (κ2) is 16.8. The number of carbonyl (C=O) groups is 2. The standard InChI is InChI=1S/C19H40O4Si2/c1-5-10-16(11-6-2)18(20)22-24-14-9-15-25-23-19(21)17(12-7-3)13-8-4/h16-17H,5-15,24-25H2,1-4H3. The van der Waals surface area contributed by atoms with Crippen molar-refractivity contribution in [3.8, 4) is 0 Å². The van der Waals surface area contributed by atoms with Gasteiger partial charge in [-0.05, 0) is 37.8 Å². The van der Waals surface area contributed by atoms with Crippen molar-refractivity contribution >= 4 is 31.5 Å². The Bertz CT molecular complexity index is 306. The van der Waals surface area contributed by atoms with Crippen LogP contribution in [0.25, 0.3) is 0 Å². The zero-order valence-corrected chi connectivity index (χ0v) is 19.8. The highest BCUT2D eigenvalue weighted by molar-refractivity contribution is 6.32. The molecule has 0 atom stereocenters. The third kappa shape index (κ3) is 12.4. The molecule has 0 aromatic rings. The lowest BCUT2D eigenvalue weighted by molar-refractivity contribution is -0.140. The fourth-order valence-electron chi connectivity index (χ4n) is 3.12. The van der Waals surface area contributed by atoms with Gasteiger partial charge in [-0.3, -0.25) is 9.59 Å². The van der Waals surface area contributed by atoms with Crippen molar-refractivity contribution in [2.45, 2.75) is 97.6 Å². The van der Waals surface area contributed by atoms with Gasteiger partial charge in [-0.1, -0.05) is 59.8 Å². The van der Waals surface area contributed by atoms with Gasteiger partial charge < -0.3 is 8.85 Å². The van der Waals surface area contributed by atoms with Crippen molar-refractivity contribution < 1.29 is 18.4 Å². The van der Waals surface area contributed by atoms with E-state index in [0.717, 1.165) is 69.9 Å². The molecule has 25 heavy (non-hydrogen) atoms. The number of rotatable bonds is 16. The molecule has 0 radical (unpaired) electrons. The van der Waals surface area contributed by atoms with Gasteiger partial charge in [0.1, 0.15) is 0 Å². The summed E-state index contributed by atoms with van der Waals surface area (Å²) < 4.78 is 11.1. The lowest BCUT2D eigenvalue weighted by atomic mass is 9.99. The van der Waals surface area contributed by atoms with Crippen molar-refractivity contribution in [1.82, 2.24) is 0 Å². The summed E-state index contributed by atoms with van der Waals surface area (Å²) >= 11 is 0. The average molecular weight is 389 g/mol. The number of hydrogen-bond donors (Lipinski definition) is 0. The van der Waals surface area contributed by atoms with Gasteiger partial charge in [-0.25, -0.2) is 0 Å². The molecule has 0 unspecified atom stereocenters. The van der Waals surface area contributed by atoms with Crippen LogP contribution in [0.2, 0.25) is 12.1 Å². The zero-order valence-electron chi connectivity index (χ0n) is 17.0. The molecule has 0 fully saturated rings. The predicted molar refractivity (Wildman–Crippen MR) is 110 cm³/mol. The Morgan fingerprint density at radius 2 is 1.00 bits per heavy atom. The van der Waals surface area contributed by atoms with E-state index in [0.29, 0.717) is 0 Å². The van der Waals surface area contributed by atoms with Crippen LogP contribution in [0.5, 0.6) is 0 Å². The highest BCUT2D eigenvalue weighted by Crippen LogP contribution is 2.16. The highest BCUT2D eigenvalue weighted by atomic mass is 28.2. The molecule has 0 aliphatic rings. The minimum Gasteiger partial charge on any atom is -0.525 e. The molecule has 0 amide bonds. The first kappa shape index (κ1) is 24.4. The van der Waals surface area contributed by atoms with Gasteiger partial charge in [-0.15, -0.1) is 0 Å². The van der Waals surface area contributed by atoms with E-state index >= 15 is 0 Å². The Balaban J connectivity index is 3.78. The van der Waals surface area contributed by atoms with Gasteiger partial charge in [0.15, 0.2) is 0 Å². The smallest absolute Gasteiger partial charge is 0.295 e. The maximum Gasteiger partial charge on any atom is 0.295 e. The van der Waals surface area contributed by atoms with E-state index in [1.54, 1.807) is 0 Å². The highest BCUT2D eigenvalue weighted by Gasteiger charge is 2.18. The van der Waals surface area contributed by atoms with Crippen LogP contribution in [-0.2, 0) is 18.4 Å². The first-order valence-electron chi connectivity index (χ1n) is 10.4. The molecule has 0 saturated heterocycles. The maximum atomic E-state index is 12.1. The van der Waals surface area contributed by atoms with Crippen LogP contribution in [0, 0.1) is 11.8 Å². The summed E-state index contributed by atoms with van der Waals surface area (Å²) in [5.41, 5.74) is 0. The molecule has 0 aromatic heterocycles. The quantitative estimate of drug-likeness (QED) is 0.297. The molecule has 0 heterocycles. The second-order valence-electron chi connectivity index (χ2n) is 6.94. The third-order valence-electron chi connectivity index (χ3n) is 4.49. The van der Waals surface area contributed by atoms with E-state index < -0.39 is 19.5 Å². The average Bonchev–Trinajstić information content (AvgIpc) is 2.60. The first-order chi connectivity index (χ1) is 12.1. The molecule has 6 heteroatoms. The maximum absolute atomic E-state index is 12.1. The summed E-state index contributed by atoms with van der Waals surface area (Å²) in [6.07, 6.45) is 8.97. The van der Waals surface area contributed by atoms with Crippen molar-refractivity contribution in [1.29, 1.82) is 0 Å². The van der Waals surface area contributed by atoms with E-state index in [2.05, 4.69) is 27.7 Å². The van der Waals surface area contributed by atoms with E-state index in [9.17, 15) is 9.59 Å². The lowest BCUT2D eigenvalue weighted by Crippen LogP contribution is -2.20. The van der Waals surface area contributed by atoms with Gasteiger partial charge in [-0.2, -0.15) is 0 Å². The van der Waals surface area contributed by atoms with Crippen LogP contribution in [0.1, 0.15) is 85.5 Å². The SMILES string of the molecule is CCCC(CCC)C(=O)O[SiH2]CCC[SiH2]OC(=O)C(CCC)CCC. The van der Waals surface area contributed by atoms with Crippen molar-refractivity contribution in [2.24, 2.45) is 11.8 Å². The summed E-state index contributed by atoms with van der Waals surface area (Å²) in [6, 6.07) is 2.02. The summed E-state index contributed by atoms with van der Waals surface area (Å²) in [5, 5.41) is 0. The van der Waals surface area contributed by atoms with Crippen LogP contribution in [0.4, 0.5) is 0 Å². The van der Waals surface area contributed by atoms with Gasteiger partial charge in [0.2, 0.25) is 19.5 Å². The molecule has 4 nitrogen and oxygen atoms in total. The first-order valence-corrected chi connectivity index (χ1v) is 13.6. The third-order valence-corrected chi connectivity index (χ3v) is 7.05. The monoisotopic (exact) mass is 388 g/mol. The Labute approximate surface area is 159 Å².